The summed E-state index contributed by atoms with van der Waals surface area (Å²) < 4.78 is 12.9. The number of hydrogen-bond donors (Lipinski definition) is 1. The summed E-state index contributed by atoms with van der Waals surface area (Å²) in [5, 5.41) is 5.22. The average Bonchev–Trinajstić information content (AvgIpc) is 3.26. The second-order valence-electron chi connectivity index (χ2n) is 6.17. The molecule has 1 aliphatic rings. The molecule has 1 N–H and O–H groups in total. The van der Waals surface area contributed by atoms with Crippen molar-refractivity contribution in [3.63, 3.8) is 0 Å². The fraction of sp³-hybridized carbons (Fsp3) is 0.105. The molecule has 27 heavy (non-hydrogen) atoms. The van der Waals surface area contributed by atoms with E-state index in [4.69, 9.17) is 9.47 Å². The van der Waals surface area contributed by atoms with Crippen LogP contribution < -0.4 is 15.0 Å². The van der Waals surface area contributed by atoms with Crippen LogP contribution in [0.15, 0.2) is 50.8 Å². The molecule has 2 aromatic carbocycles. The van der Waals surface area contributed by atoms with Gasteiger partial charge in [-0.3, -0.25) is 4.79 Å². The molecule has 0 unspecified atom stereocenters. The van der Waals surface area contributed by atoms with E-state index in [1.165, 1.54) is 4.68 Å². The minimum Gasteiger partial charge on any atom is -0.454 e. The first-order chi connectivity index (χ1) is 13.1. The van der Waals surface area contributed by atoms with Gasteiger partial charge in [0.15, 0.2) is 11.5 Å². The van der Waals surface area contributed by atoms with E-state index >= 15 is 0 Å². The molecule has 0 atom stereocenters. The number of aromatic nitrogens is 3. The number of benzene rings is 2. The standard InChI is InChI=1S/C19H13BrN4O3/c1-10-22-17-13-7-12(20)3-4-14(13)23-18(17)19(25)24(10)21-8-11-2-5-15-16(6-11)27-9-26-15/h2-8,23H,9H2,1H3/b21-8+. The highest BCUT2D eigenvalue weighted by molar-refractivity contribution is 9.10. The number of ether oxygens (including phenoxy) is 2. The van der Waals surface area contributed by atoms with Gasteiger partial charge in [0.05, 0.1) is 6.21 Å². The molecule has 5 rings (SSSR count). The van der Waals surface area contributed by atoms with E-state index in [-0.39, 0.29) is 12.4 Å². The van der Waals surface area contributed by atoms with Crippen LogP contribution in [0.1, 0.15) is 11.4 Å². The molecule has 0 radical (unpaired) electrons. The van der Waals surface area contributed by atoms with Crippen molar-refractivity contribution in [3.8, 4) is 11.5 Å². The Bertz CT molecular complexity index is 1310. The number of H-pyrrole nitrogens is 1. The maximum atomic E-state index is 12.9. The smallest absolute Gasteiger partial charge is 0.298 e. The van der Waals surface area contributed by atoms with Crippen LogP contribution in [0.25, 0.3) is 21.9 Å². The van der Waals surface area contributed by atoms with Crippen LogP contribution in [0.5, 0.6) is 11.5 Å². The lowest BCUT2D eigenvalue weighted by Crippen LogP contribution is -2.20. The van der Waals surface area contributed by atoms with Gasteiger partial charge < -0.3 is 14.5 Å². The summed E-state index contributed by atoms with van der Waals surface area (Å²) in [6.07, 6.45) is 1.60. The van der Waals surface area contributed by atoms with Crippen molar-refractivity contribution >= 4 is 44.1 Å². The Hall–Kier alpha value is -3.13. The molecule has 0 saturated carbocycles. The first-order valence-electron chi connectivity index (χ1n) is 8.25. The van der Waals surface area contributed by atoms with E-state index in [1.807, 2.05) is 36.4 Å². The summed E-state index contributed by atoms with van der Waals surface area (Å²) in [5.74, 6) is 1.87. The van der Waals surface area contributed by atoms with Gasteiger partial charge in [0.25, 0.3) is 5.56 Å². The van der Waals surface area contributed by atoms with Gasteiger partial charge in [-0.2, -0.15) is 9.78 Å². The molecule has 1 aliphatic heterocycles. The van der Waals surface area contributed by atoms with Gasteiger partial charge in [-0.15, -0.1) is 0 Å². The zero-order valence-corrected chi connectivity index (χ0v) is 15.8. The first kappa shape index (κ1) is 16.1. The minimum absolute atomic E-state index is 0.214. The van der Waals surface area contributed by atoms with Gasteiger partial charge >= 0.3 is 0 Å². The van der Waals surface area contributed by atoms with Crippen LogP contribution >= 0.6 is 15.9 Å². The van der Waals surface area contributed by atoms with Gasteiger partial charge in [0, 0.05) is 15.4 Å². The van der Waals surface area contributed by atoms with Crippen molar-refractivity contribution in [1.82, 2.24) is 14.6 Å². The molecule has 0 spiro atoms. The quantitative estimate of drug-likeness (QED) is 0.498. The average molecular weight is 425 g/mol. The maximum absolute atomic E-state index is 12.9. The third-order valence-electron chi connectivity index (χ3n) is 4.44. The van der Waals surface area contributed by atoms with Crippen molar-refractivity contribution in [2.75, 3.05) is 6.79 Å². The Morgan fingerprint density at radius 2 is 2.07 bits per heavy atom. The molecule has 134 valence electrons. The van der Waals surface area contributed by atoms with Crippen molar-refractivity contribution in [2.45, 2.75) is 6.92 Å². The Morgan fingerprint density at radius 1 is 1.22 bits per heavy atom. The number of aromatic amines is 1. The molecular weight excluding hydrogens is 412 g/mol. The van der Waals surface area contributed by atoms with Crippen molar-refractivity contribution in [2.24, 2.45) is 5.10 Å². The molecule has 0 saturated heterocycles. The Balaban J connectivity index is 1.63. The molecule has 0 fully saturated rings. The monoisotopic (exact) mass is 424 g/mol. The SMILES string of the molecule is Cc1nc2c([nH]c3ccc(Br)cc32)c(=O)n1/N=C/c1ccc2c(c1)OCO2. The van der Waals surface area contributed by atoms with Crippen LogP contribution in [0.4, 0.5) is 0 Å². The second-order valence-corrected chi connectivity index (χ2v) is 7.09. The number of hydrogen-bond acceptors (Lipinski definition) is 5. The van der Waals surface area contributed by atoms with Gasteiger partial charge in [0.2, 0.25) is 6.79 Å². The summed E-state index contributed by atoms with van der Waals surface area (Å²) in [6.45, 7) is 1.97. The normalized spacial score (nSPS) is 13.3. The van der Waals surface area contributed by atoms with E-state index in [0.717, 1.165) is 20.9 Å². The fourth-order valence-corrected chi connectivity index (χ4v) is 3.50. The zero-order valence-electron chi connectivity index (χ0n) is 14.2. The highest BCUT2D eigenvalue weighted by atomic mass is 79.9. The molecule has 4 aromatic rings. The first-order valence-corrected chi connectivity index (χ1v) is 9.04. The Kier molecular flexibility index (Phi) is 3.54. The molecule has 0 bridgehead atoms. The van der Waals surface area contributed by atoms with E-state index in [2.05, 4.69) is 31.0 Å². The van der Waals surface area contributed by atoms with Crippen LogP contribution in [0.2, 0.25) is 0 Å². The highest BCUT2D eigenvalue weighted by Crippen LogP contribution is 2.32. The van der Waals surface area contributed by atoms with Gasteiger partial charge in [-0.25, -0.2) is 4.98 Å². The largest absolute Gasteiger partial charge is 0.454 e. The third kappa shape index (κ3) is 2.60. The fourth-order valence-electron chi connectivity index (χ4n) is 3.14. The van der Waals surface area contributed by atoms with Crippen molar-refractivity contribution in [1.29, 1.82) is 0 Å². The number of nitrogens with zero attached hydrogens (tertiary/aromatic N) is 3. The van der Waals surface area contributed by atoms with E-state index in [9.17, 15) is 4.79 Å². The van der Waals surface area contributed by atoms with E-state index in [1.54, 1.807) is 13.1 Å². The van der Waals surface area contributed by atoms with Crippen molar-refractivity contribution < 1.29 is 9.47 Å². The summed E-state index contributed by atoms with van der Waals surface area (Å²) in [4.78, 5) is 20.7. The van der Waals surface area contributed by atoms with Crippen LogP contribution in [-0.2, 0) is 0 Å². The lowest BCUT2D eigenvalue weighted by Gasteiger charge is -2.03. The maximum Gasteiger partial charge on any atom is 0.298 e. The number of aryl methyl sites for hydroxylation is 1. The molecule has 2 aromatic heterocycles. The lowest BCUT2D eigenvalue weighted by molar-refractivity contribution is 0.174. The predicted molar refractivity (Wildman–Crippen MR) is 106 cm³/mol. The molecule has 8 heteroatoms. The number of fused-ring (bicyclic) bond motifs is 4. The topological polar surface area (TPSA) is 81.5 Å². The summed E-state index contributed by atoms with van der Waals surface area (Å²) in [6, 6.07) is 11.3. The third-order valence-corrected chi connectivity index (χ3v) is 4.93. The Labute approximate surface area is 161 Å². The van der Waals surface area contributed by atoms with Crippen molar-refractivity contribution in [3.05, 3.63) is 62.6 Å². The summed E-state index contributed by atoms with van der Waals surface area (Å²) in [5.41, 5.74) is 2.47. The summed E-state index contributed by atoms with van der Waals surface area (Å²) in [7, 11) is 0. The number of nitrogens with one attached hydrogen (secondary N) is 1. The lowest BCUT2D eigenvalue weighted by atomic mass is 10.2. The van der Waals surface area contributed by atoms with E-state index < -0.39 is 0 Å². The van der Waals surface area contributed by atoms with Gasteiger partial charge in [-0.05, 0) is 48.9 Å². The summed E-state index contributed by atoms with van der Waals surface area (Å²) >= 11 is 3.46. The van der Waals surface area contributed by atoms with Crippen LogP contribution in [-0.4, -0.2) is 27.7 Å². The second kappa shape index (κ2) is 5.95. The molecular formula is C19H13BrN4O3. The van der Waals surface area contributed by atoms with Gasteiger partial charge in [-0.1, -0.05) is 15.9 Å². The molecule has 3 heterocycles. The molecule has 7 nitrogen and oxygen atoms in total. The van der Waals surface area contributed by atoms with Crippen LogP contribution in [0, 0.1) is 6.92 Å². The highest BCUT2D eigenvalue weighted by Gasteiger charge is 2.14. The molecule has 0 amide bonds. The number of rotatable bonds is 2. The van der Waals surface area contributed by atoms with Gasteiger partial charge in [0.1, 0.15) is 16.9 Å². The molecule has 0 aliphatic carbocycles. The predicted octanol–water partition coefficient (Wildman–Crippen LogP) is 3.56. The Morgan fingerprint density at radius 3 is 2.96 bits per heavy atom. The van der Waals surface area contributed by atoms with E-state index in [0.29, 0.717) is 28.4 Å². The minimum atomic E-state index is -0.248. The zero-order chi connectivity index (χ0) is 18.5. The number of halogens is 1. The van der Waals surface area contributed by atoms with Crippen LogP contribution in [0.3, 0.4) is 0 Å².